The maximum Gasteiger partial charge on any atom is 0.407 e. The van der Waals surface area contributed by atoms with Gasteiger partial charge in [-0.25, -0.2) is 4.79 Å². The quantitative estimate of drug-likeness (QED) is 0.779. The Morgan fingerprint density at radius 2 is 1.85 bits per heavy atom. The summed E-state index contributed by atoms with van der Waals surface area (Å²) in [5.41, 5.74) is 1.44. The van der Waals surface area contributed by atoms with Gasteiger partial charge in [0.15, 0.2) is 5.05 Å². The van der Waals surface area contributed by atoms with Gasteiger partial charge in [0.25, 0.3) is 0 Å². The van der Waals surface area contributed by atoms with Crippen LogP contribution in [0, 0.1) is 6.92 Å². The number of methoxy groups -OCH3 is 1. The summed E-state index contributed by atoms with van der Waals surface area (Å²) >= 11 is 5.27. The number of rotatable bonds is 4. The number of hydrogen-bond donors (Lipinski definition) is 1. The summed E-state index contributed by atoms with van der Waals surface area (Å²) < 4.78 is 16.7. The normalized spacial score (nSPS) is 20.2. The second kappa shape index (κ2) is 8.71. The Kier molecular flexibility index (Phi) is 6.87. The molecule has 1 aliphatic carbocycles. The van der Waals surface area contributed by atoms with Gasteiger partial charge in [0.05, 0.1) is 18.8 Å². The van der Waals surface area contributed by atoms with Crippen molar-refractivity contribution in [3.63, 3.8) is 0 Å². The zero-order valence-corrected chi connectivity index (χ0v) is 17.1. The predicted molar refractivity (Wildman–Crippen MR) is 106 cm³/mol. The first kappa shape index (κ1) is 20.5. The van der Waals surface area contributed by atoms with Gasteiger partial charge in [-0.05, 0) is 83.3 Å². The molecular weight excluding hydrogens is 350 g/mol. The second-order valence-corrected chi connectivity index (χ2v) is 8.10. The number of alkyl carbamates (subject to hydrolysis) is 1. The van der Waals surface area contributed by atoms with Gasteiger partial charge in [-0.1, -0.05) is 6.07 Å². The average Bonchev–Trinajstić information content (AvgIpc) is 2.54. The summed E-state index contributed by atoms with van der Waals surface area (Å²) in [7, 11) is 1.57. The van der Waals surface area contributed by atoms with Crippen molar-refractivity contribution >= 4 is 23.4 Å². The molecule has 1 saturated carbocycles. The molecular formula is C20H29NO4S. The van der Waals surface area contributed by atoms with Gasteiger partial charge in [-0.15, -0.1) is 0 Å². The van der Waals surface area contributed by atoms with E-state index in [4.69, 9.17) is 26.4 Å². The molecule has 26 heavy (non-hydrogen) atoms. The van der Waals surface area contributed by atoms with Crippen LogP contribution in [-0.4, -0.2) is 36.0 Å². The molecule has 0 saturated heterocycles. The third kappa shape index (κ3) is 6.16. The Bertz CT molecular complexity index is 646. The molecule has 1 aromatic carbocycles. The lowest BCUT2D eigenvalue weighted by Crippen LogP contribution is -2.42. The van der Waals surface area contributed by atoms with Crippen LogP contribution in [0.3, 0.4) is 0 Å². The van der Waals surface area contributed by atoms with Crippen molar-refractivity contribution in [1.29, 1.82) is 0 Å². The molecule has 0 heterocycles. The van der Waals surface area contributed by atoms with E-state index >= 15 is 0 Å². The molecule has 5 nitrogen and oxygen atoms in total. The van der Waals surface area contributed by atoms with Crippen molar-refractivity contribution in [2.24, 2.45) is 0 Å². The van der Waals surface area contributed by atoms with Gasteiger partial charge in [0.2, 0.25) is 0 Å². The molecule has 1 aromatic rings. The molecule has 1 amide bonds. The third-order valence-corrected chi connectivity index (χ3v) is 4.62. The topological polar surface area (TPSA) is 56.8 Å². The van der Waals surface area contributed by atoms with E-state index in [0.29, 0.717) is 5.05 Å². The first-order valence-electron chi connectivity index (χ1n) is 9.03. The van der Waals surface area contributed by atoms with Crippen LogP contribution < -0.4 is 10.1 Å². The Labute approximate surface area is 161 Å². The molecule has 2 rings (SSSR count). The van der Waals surface area contributed by atoms with Crippen molar-refractivity contribution in [1.82, 2.24) is 5.32 Å². The van der Waals surface area contributed by atoms with E-state index in [1.807, 2.05) is 45.9 Å². The Morgan fingerprint density at radius 3 is 2.42 bits per heavy atom. The fourth-order valence-corrected chi connectivity index (χ4v) is 3.15. The fraction of sp³-hybridized carbons (Fsp3) is 0.600. The highest BCUT2D eigenvalue weighted by Gasteiger charge is 2.26. The van der Waals surface area contributed by atoms with E-state index in [-0.39, 0.29) is 18.2 Å². The largest absolute Gasteiger partial charge is 0.490 e. The number of benzene rings is 1. The van der Waals surface area contributed by atoms with Gasteiger partial charge in [-0.3, -0.25) is 0 Å². The zero-order chi connectivity index (χ0) is 19.3. The molecule has 144 valence electrons. The van der Waals surface area contributed by atoms with E-state index in [0.717, 1.165) is 42.6 Å². The first-order chi connectivity index (χ1) is 12.2. The van der Waals surface area contributed by atoms with Crippen molar-refractivity contribution < 1.29 is 19.0 Å². The molecule has 0 bridgehead atoms. The lowest BCUT2D eigenvalue weighted by atomic mass is 9.93. The summed E-state index contributed by atoms with van der Waals surface area (Å²) in [5, 5.41) is 3.38. The van der Waals surface area contributed by atoms with E-state index in [1.165, 1.54) is 0 Å². The lowest BCUT2D eigenvalue weighted by Gasteiger charge is -2.30. The molecule has 0 atom stereocenters. The molecule has 1 N–H and O–H groups in total. The Hall–Kier alpha value is -1.82. The minimum Gasteiger partial charge on any atom is -0.490 e. The number of nitrogens with one attached hydrogen (secondary N) is 1. The van der Waals surface area contributed by atoms with Crippen LogP contribution in [0.2, 0.25) is 0 Å². The van der Waals surface area contributed by atoms with Crippen LogP contribution in [0.25, 0.3) is 0 Å². The minimum absolute atomic E-state index is 0.104. The summed E-state index contributed by atoms with van der Waals surface area (Å²) in [5.74, 6) is 0.764. The molecule has 1 fully saturated rings. The molecule has 0 aliphatic heterocycles. The first-order valence-corrected chi connectivity index (χ1v) is 9.44. The number of thiocarbonyl (C=S) groups is 1. The maximum absolute atomic E-state index is 11.9. The fourth-order valence-electron chi connectivity index (χ4n) is 2.98. The third-order valence-electron chi connectivity index (χ3n) is 4.23. The van der Waals surface area contributed by atoms with Crippen LogP contribution >= 0.6 is 12.2 Å². The molecule has 6 heteroatoms. The highest BCUT2D eigenvalue weighted by Crippen LogP contribution is 2.28. The number of hydrogen-bond acceptors (Lipinski definition) is 5. The average molecular weight is 380 g/mol. The summed E-state index contributed by atoms with van der Waals surface area (Å²) in [4.78, 5) is 11.9. The summed E-state index contributed by atoms with van der Waals surface area (Å²) in [6, 6.07) is 6.05. The van der Waals surface area contributed by atoms with Crippen molar-refractivity contribution in [3.05, 3.63) is 29.3 Å². The summed E-state index contributed by atoms with van der Waals surface area (Å²) in [6.07, 6.45) is 3.21. The number of aryl methyl sites for hydroxylation is 1. The smallest absolute Gasteiger partial charge is 0.407 e. The van der Waals surface area contributed by atoms with Crippen LogP contribution in [0.1, 0.15) is 57.6 Å². The van der Waals surface area contributed by atoms with E-state index in [9.17, 15) is 4.79 Å². The van der Waals surface area contributed by atoms with Gasteiger partial charge in [-0.2, -0.15) is 0 Å². The minimum atomic E-state index is -0.480. The molecule has 0 unspecified atom stereocenters. The van der Waals surface area contributed by atoms with E-state index in [2.05, 4.69) is 5.32 Å². The number of amides is 1. The van der Waals surface area contributed by atoms with Gasteiger partial charge < -0.3 is 19.5 Å². The number of ether oxygens (including phenoxy) is 3. The predicted octanol–water partition coefficient (Wildman–Crippen LogP) is 4.53. The lowest BCUT2D eigenvalue weighted by molar-refractivity contribution is 0.0470. The van der Waals surface area contributed by atoms with Crippen molar-refractivity contribution in [2.75, 3.05) is 7.11 Å². The Balaban J connectivity index is 1.90. The highest BCUT2D eigenvalue weighted by molar-refractivity contribution is 7.80. The van der Waals surface area contributed by atoms with Crippen LogP contribution in [0.15, 0.2) is 18.2 Å². The van der Waals surface area contributed by atoms with Gasteiger partial charge in [0.1, 0.15) is 11.4 Å². The molecule has 0 spiro atoms. The van der Waals surface area contributed by atoms with E-state index in [1.54, 1.807) is 7.11 Å². The molecule has 0 aromatic heterocycles. The van der Waals surface area contributed by atoms with Gasteiger partial charge in [0, 0.05) is 6.04 Å². The second-order valence-electron chi connectivity index (χ2n) is 7.73. The molecule has 1 aliphatic rings. The molecule has 0 radical (unpaired) electrons. The standard InChI is InChI=1S/C20H29NO4S/c1-13-6-11-16(18(26)23-5)17(12-13)24-15-9-7-14(8-10-15)21-19(22)25-20(2,3)4/h6,11-12,14-15H,7-10H2,1-5H3,(H,21,22)/t14-,15+. The number of carbonyl (C=O) groups excluding carboxylic acids is 1. The maximum atomic E-state index is 11.9. The SMILES string of the molecule is COC(=S)c1ccc(C)cc1O[C@H]1CC[C@@H](NC(=O)OC(C)(C)C)CC1. The van der Waals surface area contributed by atoms with Crippen LogP contribution in [0.5, 0.6) is 5.75 Å². The van der Waals surface area contributed by atoms with Gasteiger partial charge >= 0.3 is 6.09 Å². The zero-order valence-electron chi connectivity index (χ0n) is 16.3. The Morgan fingerprint density at radius 1 is 1.19 bits per heavy atom. The van der Waals surface area contributed by atoms with Crippen molar-refractivity contribution in [2.45, 2.75) is 71.1 Å². The number of carbonyl (C=O) groups is 1. The van der Waals surface area contributed by atoms with Crippen molar-refractivity contribution in [3.8, 4) is 5.75 Å². The highest BCUT2D eigenvalue weighted by atomic mass is 32.1. The van der Waals surface area contributed by atoms with Crippen LogP contribution in [0.4, 0.5) is 4.79 Å². The van der Waals surface area contributed by atoms with Crippen LogP contribution in [-0.2, 0) is 9.47 Å². The monoisotopic (exact) mass is 379 g/mol. The van der Waals surface area contributed by atoms with E-state index < -0.39 is 5.60 Å². The summed E-state index contributed by atoms with van der Waals surface area (Å²) in [6.45, 7) is 7.61.